The summed E-state index contributed by atoms with van der Waals surface area (Å²) in [7, 11) is 1.56. The zero-order chi connectivity index (χ0) is 31.1. The molecule has 2 aromatic carbocycles. The molecule has 5 rings (SSSR count). The van der Waals surface area contributed by atoms with Gasteiger partial charge in [-0.2, -0.15) is 0 Å². The van der Waals surface area contributed by atoms with Gasteiger partial charge in [-0.15, -0.1) is 0 Å². The van der Waals surface area contributed by atoms with Crippen molar-refractivity contribution in [3.05, 3.63) is 59.7 Å². The molecule has 1 aliphatic carbocycles. The summed E-state index contributed by atoms with van der Waals surface area (Å²) in [6.45, 7) is 0.468. The topological polar surface area (TPSA) is 155 Å². The molecule has 0 bridgehead atoms. The molecule has 3 atom stereocenters. The molecule has 0 radical (unpaired) electrons. The van der Waals surface area contributed by atoms with Gasteiger partial charge in [0, 0.05) is 31.3 Å². The highest BCUT2D eigenvalue weighted by molar-refractivity contribution is 6.41. The van der Waals surface area contributed by atoms with Crippen molar-refractivity contribution in [1.82, 2.24) is 21.3 Å². The highest BCUT2D eigenvalue weighted by Gasteiger charge is 2.36. The lowest BCUT2D eigenvalue weighted by molar-refractivity contribution is -0.141. The Bertz CT molecular complexity index is 1440. The largest absolute Gasteiger partial charge is 0.497 e. The number of fused-ring (bicyclic) bond motifs is 1. The molecule has 0 unspecified atom stereocenters. The normalized spacial score (nSPS) is 19.2. The number of ether oxygens (including phenoxy) is 1. The first-order valence-corrected chi connectivity index (χ1v) is 15.3. The Balaban J connectivity index is 1.32. The van der Waals surface area contributed by atoms with Crippen LogP contribution in [-0.2, 0) is 36.8 Å². The predicted molar refractivity (Wildman–Crippen MR) is 164 cm³/mol. The molecule has 11 nitrogen and oxygen atoms in total. The van der Waals surface area contributed by atoms with Gasteiger partial charge in [0.25, 0.3) is 11.8 Å². The fourth-order valence-electron chi connectivity index (χ4n) is 6.06. The molecule has 2 fully saturated rings. The van der Waals surface area contributed by atoms with E-state index in [1.807, 2.05) is 36.4 Å². The fourth-order valence-corrected chi connectivity index (χ4v) is 6.06. The lowest BCUT2D eigenvalue weighted by Gasteiger charge is -2.26. The fraction of sp³-hybridized carbons (Fsp3) is 0.455. The number of hydrogen-bond acceptors (Lipinski definition) is 7. The molecule has 2 aromatic rings. The minimum Gasteiger partial charge on any atom is -0.497 e. The number of Topliss-reactive ketones (excluding diaryl/α,β-unsaturated/α-hetero) is 1. The molecule has 11 heteroatoms. The number of benzene rings is 2. The number of nitrogens with zero attached hydrogens (tertiary/aromatic N) is 1. The number of carbonyl (C=O) groups is 5. The summed E-state index contributed by atoms with van der Waals surface area (Å²) >= 11 is 0. The molecule has 2 aliphatic heterocycles. The quantitative estimate of drug-likeness (QED) is 0.273. The molecule has 4 N–H and O–H groups in total. The monoisotopic (exact) mass is 601 g/mol. The molecule has 2 heterocycles. The number of aliphatic imine (C=N–C) groups is 1. The van der Waals surface area contributed by atoms with Crippen LogP contribution in [0.1, 0.15) is 56.1 Å². The van der Waals surface area contributed by atoms with Crippen LogP contribution in [0.2, 0.25) is 0 Å². The number of hydrogen-bond donors (Lipinski definition) is 4. The van der Waals surface area contributed by atoms with Crippen LogP contribution in [0.25, 0.3) is 0 Å². The van der Waals surface area contributed by atoms with Crippen LogP contribution in [0, 0.1) is 5.92 Å². The molecule has 1 saturated heterocycles. The summed E-state index contributed by atoms with van der Waals surface area (Å²) in [6.07, 6.45) is 5.56. The van der Waals surface area contributed by atoms with Gasteiger partial charge in [0.15, 0.2) is 0 Å². The van der Waals surface area contributed by atoms with Gasteiger partial charge in [0.05, 0.1) is 18.8 Å². The van der Waals surface area contributed by atoms with E-state index in [-0.39, 0.29) is 36.9 Å². The van der Waals surface area contributed by atoms with E-state index in [1.165, 1.54) is 0 Å². The summed E-state index contributed by atoms with van der Waals surface area (Å²) in [6, 6.07) is 12.2. The maximum Gasteiger partial charge on any atom is 0.289 e. The lowest BCUT2D eigenvalue weighted by Crippen LogP contribution is -2.56. The van der Waals surface area contributed by atoms with E-state index >= 15 is 0 Å². The van der Waals surface area contributed by atoms with Crippen LogP contribution in [0.3, 0.4) is 0 Å². The summed E-state index contributed by atoms with van der Waals surface area (Å²) in [5.74, 6) is -2.77. The second-order valence-corrected chi connectivity index (χ2v) is 11.7. The SMILES string of the molecule is COc1ccc2c(c1)CC(C(=O)N[C@@H](Cc1ccccc1)C(=O)N[C@@H](C[C@@H]1CCNC1=O)C(=O)C(=O)NC1CCCCC1)=N2. The third kappa shape index (κ3) is 7.69. The number of carbonyl (C=O) groups excluding carboxylic acids is 5. The van der Waals surface area contributed by atoms with Crippen LogP contribution < -0.4 is 26.0 Å². The molecule has 1 saturated carbocycles. The van der Waals surface area contributed by atoms with E-state index in [4.69, 9.17) is 4.74 Å². The standard InChI is InChI=1S/C33H39N5O6/c1-44-24-12-13-25-22(17-24)19-28(36-25)32(42)38-27(16-20-8-4-2-5-9-20)31(41)37-26(18-21-14-15-34-30(21)40)29(39)33(43)35-23-10-6-3-7-11-23/h2,4-5,8-9,12-13,17,21,23,26-27H,3,6-7,10-11,14-16,18-19H2,1H3,(H,34,40)(H,35,43)(H,37,41)(H,38,42)/t21-,26-,27-/m0/s1. The van der Waals surface area contributed by atoms with Crippen molar-refractivity contribution in [2.24, 2.45) is 10.9 Å². The van der Waals surface area contributed by atoms with Gasteiger partial charge >= 0.3 is 0 Å². The van der Waals surface area contributed by atoms with Gasteiger partial charge in [-0.3, -0.25) is 24.0 Å². The highest BCUT2D eigenvalue weighted by Crippen LogP contribution is 2.30. The Kier molecular flexibility index (Phi) is 10.0. The van der Waals surface area contributed by atoms with Gasteiger partial charge < -0.3 is 26.0 Å². The van der Waals surface area contributed by atoms with E-state index in [1.54, 1.807) is 19.2 Å². The van der Waals surface area contributed by atoms with Gasteiger partial charge in [-0.25, -0.2) is 4.99 Å². The second kappa shape index (κ2) is 14.3. The van der Waals surface area contributed by atoms with E-state index in [0.717, 1.165) is 43.2 Å². The molecule has 232 valence electrons. The van der Waals surface area contributed by atoms with Crippen molar-refractivity contribution in [2.45, 2.75) is 75.9 Å². The summed E-state index contributed by atoms with van der Waals surface area (Å²) < 4.78 is 5.28. The summed E-state index contributed by atoms with van der Waals surface area (Å²) in [5, 5.41) is 11.1. The number of amides is 4. The van der Waals surface area contributed by atoms with Crippen molar-refractivity contribution in [3.8, 4) is 5.75 Å². The van der Waals surface area contributed by atoms with E-state index in [2.05, 4.69) is 26.3 Å². The van der Waals surface area contributed by atoms with E-state index < -0.39 is 41.5 Å². The zero-order valence-electron chi connectivity index (χ0n) is 24.9. The smallest absolute Gasteiger partial charge is 0.289 e. The molecular weight excluding hydrogens is 562 g/mol. The van der Waals surface area contributed by atoms with Gasteiger partial charge in [0.2, 0.25) is 17.6 Å². The molecule has 44 heavy (non-hydrogen) atoms. The Hall–Kier alpha value is -4.54. The van der Waals surface area contributed by atoms with E-state index in [9.17, 15) is 24.0 Å². The average Bonchev–Trinajstić information content (AvgIpc) is 3.66. The molecular formula is C33H39N5O6. The lowest BCUT2D eigenvalue weighted by atomic mass is 9.93. The maximum atomic E-state index is 13.8. The van der Waals surface area contributed by atoms with Crippen molar-refractivity contribution in [2.75, 3.05) is 13.7 Å². The Morgan fingerprint density at radius 2 is 1.75 bits per heavy atom. The van der Waals surface area contributed by atoms with Crippen molar-refractivity contribution in [1.29, 1.82) is 0 Å². The van der Waals surface area contributed by atoms with Gasteiger partial charge in [-0.1, -0.05) is 49.6 Å². The predicted octanol–water partition coefficient (Wildman–Crippen LogP) is 2.08. The average molecular weight is 602 g/mol. The number of methoxy groups -OCH3 is 1. The van der Waals surface area contributed by atoms with Crippen LogP contribution in [0.15, 0.2) is 53.5 Å². The number of rotatable bonds is 12. The number of ketones is 1. The number of nitrogens with one attached hydrogen (secondary N) is 4. The minimum atomic E-state index is -1.23. The minimum absolute atomic E-state index is 0.00958. The maximum absolute atomic E-state index is 13.8. The Labute approximate surface area is 256 Å². The Morgan fingerprint density at radius 3 is 2.45 bits per heavy atom. The molecule has 4 amide bonds. The van der Waals surface area contributed by atoms with Crippen molar-refractivity contribution in [3.63, 3.8) is 0 Å². The third-order valence-electron chi connectivity index (χ3n) is 8.55. The van der Waals surface area contributed by atoms with Crippen molar-refractivity contribution >= 4 is 40.8 Å². The first-order valence-electron chi connectivity index (χ1n) is 15.3. The summed E-state index contributed by atoms with van der Waals surface area (Å²) in [4.78, 5) is 70.6. The van der Waals surface area contributed by atoms with Gasteiger partial charge in [-0.05, 0) is 55.0 Å². The molecule has 3 aliphatic rings. The van der Waals surface area contributed by atoms with E-state index in [0.29, 0.717) is 24.4 Å². The second-order valence-electron chi connectivity index (χ2n) is 11.7. The van der Waals surface area contributed by atoms with Crippen LogP contribution in [0.5, 0.6) is 5.75 Å². The molecule has 0 aromatic heterocycles. The molecule has 0 spiro atoms. The summed E-state index contributed by atoms with van der Waals surface area (Å²) in [5.41, 5.74) is 2.54. The first-order chi connectivity index (χ1) is 21.3. The zero-order valence-corrected chi connectivity index (χ0v) is 24.9. The van der Waals surface area contributed by atoms with Crippen molar-refractivity contribution < 1.29 is 28.7 Å². The van der Waals surface area contributed by atoms with Crippen LogP contribution in [0.4, 0.5) is 5.69 Å². The first kappa shape index (κ1) is 30.9. The van der Waals surface area contributed by atoms with Crippen LogP contribution >= 0.6 is 0 Å². The third-order valence-corrected chi connectivity index (χ3v) is 8.55. The highest BCUT2D eigenvalue weighted by atomic mass is 16.5. The van der Waals surface area contributed by atoms with Crippen LogP contribution in [-0.4, -0.2) is 66.9 Å². The Morgan fingerprint density at radius 1 is 0.977 bits per heavy atom. The van der Waals surface area contributed by atoms with Gasteiger partial charge in [0.1, 0.15) is 17.5 Å².